The lowest BCUT2D eigenvalue weighted by atomic mass is 9.84. The van der Waals surface area contributed by atoms with E-state index in [-0.39, 0.29) is 5.41 Å². The minimum atomic E-state index is 0.113. The van der Waals surface area contributed by atoms with Gasteiger partial charge >= 0.3 is 0 Å². The fourth-order valence-corrected chi connectivity index (χ4v) is 2.75. The van der Waals surface area contributed by atoms with Crippen LogP contribution in [-0.4, -0.2) is 23.8 Å². The Labute approximate surface area is 94.5 Å². The van der Waals surface area contributed by atoms with E-state index in [1.165, 1.54) is 19.3 Å². The zero-order valence-electron chi connectivity index (χ0n) is 10.7. The second-order valence-corrected chi connectivity index (χ2v) is 5.68. The van der Waals surface area contributed by atoms with Gasteiger partial charge in [0, 0.05) is 24.1 Å². The number of aliphatic hydroxyl groups excluding tert-OH is 1. The van der Waals surface area contributed by atoms with Gasteiger partial charge < -0.3 is 10.4 Å². The van der Waals surface area contributed by atoms with Gasteiger partial charge in [0.25, 0.3) is 0 Å². The molecule has 0 aromatic heterocycles. The van der Waals surface area contributed by atoms with Gasteiger partial charge in [0.2, 0.25) is 0 Å². The van der Waals surface area contributed by atoms with Crippen molar-refractivity contribution in [1.82, 2.24) is 5.32 Å². The lowest BCUT2D eigenvalue weighted by Gasteiger charge is -2.34. The molecular weight excluding hydrogens is 186 g/mol. The van der Waals surface area contributed by atoms with E-state index in [9.17, 15) is 5.11 Å². The first-order chi connectivity index (χ1) is 7.03. The number of nitrogens with one attached hydrogen (secondary N) is 1. The number of rotatable bonds is 5. The molecule has 0 aromatic carbocycles. The Hall–Kier alpha value is -0.0800. The van der Waals surface area contributed by atoms with Crippen LogP contribution in [0.25, 0.3) is 0 Å². The Bertz CT molecular complexity index is 193. The molecule has 2 N–H and O–H groups in total. The molecule has 1 aliphatic rings. The van der Waals surface area contributed by atoms with Crippen molar-refractivity contribution in [2.75, 3.05) is 6.61 Å². The van der Waals surface area contributed by atoms with E-state index < -0.39 is 0 Å². The largest absolute Gasteiger partial charge is 0.396 e. The van der Waals surface area contributed by atoms with Crippen molar-refractivity contribution in [2.45, 2.75) is 65.5 Å². The summed E-state index contributed by atoms with van der Waals surface area (Å²) in [5.41, 5.74) is 0.113. The molecule has 0 radical (unpaired) electrons. The molecule has 1 fully saturated rings. The molecule has 3 unspecified atom stereocenters. The van der Waals surface area contributed by atoms with Crippen molar-refractivity contribution < 1.29 is 5.11 Å². The predicted octanol–water partition coefficient (Wildman–Crippen LogP) is 2.56. The third-order valence-electron chi connectivity index (χ3n) is 4.10. The maximum absolute atomic E-state index is 9.48. The van der Waals surface area contributed by atoms with E-state index in [1.54, 1.807) is 0 Å². The smallest absolute Gasteiger partial charge is 0.0499 e. The Morgan fingerprint density at radius 1 is 1.47 bits per heavy atom. The van der Waals surface area contributed by atoms with Crippen LogP contribution in [0.15, 0.2) is 0 Å². The van der Waals surface area contributed by atoms with Gasteiger partial charge in [-0.1, -0.05) is 34.1 Å². The normalized spacial score (nSPS) is 33.6. The van der Waals surface area contributed by atoms with Crippen LogP contribution in [0, 0.1) is 11.3 Å². The fourth-order valence-electron chi connectivity index (χ4n) is 2.75. The van der Waals surface area contributed by atoms with Crippen LogP contribution >= 0.6 is 0 Å². The SMILES string of the molecule is CCC(NC1CCCC1(C)CO)C(C)C. The zero-order valence-corrected chi connectivity index (χ0v) is 10.7. The summed E-state index contributed by atoms with van der Waals surface area (Å²) in [6.45, 7) is 9.31. The molecule has 0 aliphatic heterocycles. The summed E-state index contributed by atoms with van der Waals surface area (Å²) >= 11 is 0. The molecular formula is C13H27NO. The summed E-state index contributed by atoms with van der Waals surface area (Å²) in [6.07, 6.45) is 4.81. The molecule has 0 heterocycles. The summed E-state index contributed by atoms with van der Waals surface area (Å²) < 4.78 is 0. The first kappa shape index (κ1) is 13.0. The predicted molar refractivity (Wildman–Crippen MR) is 64.9 cm³/mol. The maximum atomic E-state index is 9.48. The van der Waals surface area contributed by atoms with Gasteiger partial charge in [0.1, 0.15) is 0 Å². The van der Waals surface area contributed by atoms with Gasteiger partial charge in [-0.2, -0.15) is 0 Å². The molecule has 2 heteroatoms. The second-order valence-electron chi connectivity index (χ2n) is 5.68. The first-order valence-electron chi connectivity index (χ1n) is 6.40. The highest BCUT2D eigenvalue weighted by Gasteiger charge is 2.39. The van der Waals surface area contributed by atoms with Crippen molar-refractivity contribution in [1.29, 1.82) is 0 Å². The molecule has 0 aromatic rings. The zero-order chi connectivity index (χ0) is 11.5. The molecule has 0 saturated heterocycles. The quantitative estimate of drug-likeness (QED) is 0.735. The van der Waals surface area contributed by atoms with Crippen LogP contribution in [-0.2, 0) is 0 Å². The van der Waals surface area contributed by atoms with Crippen LogP contribution in [0.5, 0.6) is 0 Å². The Balaban J connectivity index is 2.56. The number of hydrogen-bond acceptors (Lipinski definition) is 2. The first-order valence-corrected chi connectivity index (χ1v) is 6.40. The van der Waals surface area contributed by atoms with E-state index in [4.69, 9.17) is 0 Å². The standard InChI is InChI=1S/C13H27NO/c1-5-11(10(2)3)14-12-7-6-8-13(12,4)9-15/h10-12,14-15H,5-9H2,1-4H3. The van der Waals surface area contributed by atoms with Crippen molar-refractivity contribution in [3.63, 3.8) is 0 Å². The Morgan fingerprint density at radius 3 is 2.60 bits per heavy atom. The Kier molecular flexibility index (Phi) is 4.60. The van der Waals surface area contributed by atoms with Gasteiger partial charge in [-0.05, 0) is 25.2 Å². The summed E-state index contributed by atoms with van der Waals surface area (Å²) in [5, 5.41) is 13.2. The highest BCUT2D eigenvalue weighted by molar-refractivity contribution is 4.94. The summed E-state index contributed by atoms with van der Waals surface area (Å²) in [5.74, 6) is 0.679. The lowest BCUT2D eigenvalue weighted by Crippen LogP contribution is -2.48. The third-order valence-corrected chi connectivity index (χ3v) is 4.10. The van der Waals surface area contributed by atoms with Gasteiger partial charge in [0.05, 0.1) is 0 Å². The van der Waals surface area contributed by atoms with Gasteiger partial charge in [-0.15, -0.1) is 0 Å². The molecule has 3 atom stereocenters. The summed E-state index contributed by atoms with van der Waals surface area (Å²) in [6, 6.07) is 1.11. The average Bonchev–Trinajstić information content (AvgIpc) is 2.57. The molecule has 15 heavy (non-hydrogen) atoms. The maximum Gasteiger partial charge on any atom is 0.0499 e. The molecule has 1 rings (SSSR count). The molecule has 0 amide bonds. The second kappa shape index (κ2) is 5.31. The molecule has 2 nitrogen and oxygen atoms in total. The average molecular weight is 213 g/mol. The van der Waals surface area contributed by atoms with Crippen molar-refractivity contribution in [3.05, 3.63) is 0 Å². The van der Waals surface area contributed by atoms with E-state index in [0.717, 1.165) is 6.42 Å². The summed E-state index contributed by atoms with van der Waals surface area (Å²) in [4.78, 5) is 0. The highest BCUT2D eigenvalue weighted by Crippen LogP contribution is 2.38. The van der Waals surface area contributed by atoms with E-state index in [1.807, 2.05) is 0 Å². The third kappa shape index (κ3) is 2.94. The number of aliphatic hydroxyl groups is 1. The molecule has 0 bridgehead atoms. The van der Waals surface area contributed by atoms with Crippen LogP contribution < -0.4 is 5.32 Å². The van der Waals surface area contributed by atoms with Crippen LogP contribution in [0.3, 0.4) is 0 Å². The minimum absolute atomic E-state index is 0.113. The van der Waals surface area contributed by atoms with E-state index >= 15 is 0 Å². The van der Waals surface area contributed by atoms with Crippen molar-refractivity contribution >= 4 is 0 Å². The van der Waals surface area contributed by atoms with Gasteiger partial charge in [-0.25, -0.2) is 0 Å². The Morgan fingerprint density at radius 2 is 2.13 bits per heavy atom. The van der Waals surface area contributed by atoms with Crippen molar-refractivity contribution in [3.8, 4) is 0 Å². The van der Waals surface area contributed by atoms with Crippen LogP contribution in [0.4, 0.5) is 0 Å². The van der Waals surface area contributed by atoms with Gasteiger partial charge in [-0.3, -0.25) is 0 Å². The highest BCUT2D eigenvalue weighted by atomic mass is 16.3. The topological polar surface area (TPSA) is 32.3 Å². The molecule has 0 spiro atoms. The van der Waals surface area contributed by atoms with Crippen LogP contribution in [0.1, 0.15) is 53.4 Å². The summed E-state index contributed by atoms with van der Waals surface area (Å²) in [7, 11) is 0. The van der Waals surface area contributed by atoms with E-state index in [2.05, 4.69) is 33.0 Å². The minimum Gasteiger partial charge on any atom is -0.396 e. The lowest BCUT2D eigenvalue weighted by molar-refractivity contribution is 0.109. The monoisotopic (exact) mass is 213 g/mol. The molecule has 1 aliphatic carbocycles. The van der Waals surface area contributed by atoms with E-state index in [0.29, 0.717) is 24.6 Å². The molecule has 1 saturated carbocycles. The number of hydrogen-bond donors (Lipinski definition) is 2. The van der Waals surface area contributed by atoms with Crippen LogP contribution in [0.2, 0.25) is 0 Å². The molecule has 90 valence electrons. The fraction of sp³-hybridized carbons (Fsp3) is 1.00. The van der Waals surface area contributed by atoms with Crippen molar-refractivity contribution in [2.24, 2.45) is 11.3 Å². The van der Waals surface area contributed by atoms with Gasteiger partial charge in [0.15, 0.2) is 0 Å².